The Bertz CT molecular complexity index is 1230. The van der Waals surface area contributed by atoms with E-state index in [0.717, 1.165) is 22.3 Å². The van der Waals surface area contributed by atoms with Gasteiger partial charge < -0.3 is 4.40 Å². The zero-order valence-electron chi connectivity index (χ0n) is 14.8. The topological polar surface area (TPSA) is 50.9 Å². The Morgan fingerprint density at radius 2 is 1.48 bits per heavy atom. The summed E-state index contributed by atoms with van der Waals surface area (Å²) >= 11 is 0. The maximum absolute atomic E-state index is 13.0. The molecule has 5 heteroatoms. The Labute approximate surface area is 158 Å². The molecule has 0 aliphatic heterocycles. The van der Waals surface area contributed by atoms with Crippen LogP contribution in [0.3, 0.4) is 0 Å². The first-order chi connectivity index (χ1) is 13.1. The molecule has 4 aromatic rings. The molecule has 0 atom stereocenters. The van der Waals surface area contributed by atoms with Crippen molar-refractivity contribution in [3.63, 3.8) is 0 Å². The third kappa shape index (κ3) is 3.29. The minimum Gasteiger partial charge on any atom is -0.315 e. The van der Waals surface area contributed by atoms with E-state index in [4.69, 9.17) is 0 Å². The predicted molar refractivity (Wildman–Crippen MR) is 108 cm³/mol. The fraction of sp³-hybridized carbons (Fsp3) is 0.0455. The zero-order valence-corrected chi connectivity index (χ0v) is 15.6. The zero-order chi connectivity index (χ0) is 18.9. The van der Waals surface area contributed by atoms with Crippen molar-refractivity contribution >= 4 is 21.3 Å². The molecule has 4 rings (SSSR count). The molecule has 2 aromatic heterocycles. The molecular weight excluding hydrogens is 356 g/mol. The average Bonchev–Trinajstić information content (AvgIpc) is 3.03. The van der Waals surface area contributed by atoms with Crippen LogP contribution in [0.1, 0.15) is 16.8 Å². The summed E-state index contributed by atoms with van der Waals surface area (Å²) in [6.45, 7) is 1.97. The van der Waals surface area contributed by atoms with Gasteiger partial charge in [-0.05, 0) is 42.8 Å². The molecule has 0 radical (unpaired) electrons. The molecular formula is C22H18N2O2S. The predicted octanol–water partition coefficient (Wildman–Crippen LogP) is 4.47. The molecule has 27 heavy (non-hydrogen) atoms. The van der Waals surface area contributed by atoms with Crippen molar-refractivity contribution in [1.29, 1.82) is 0 Å². The van der Waals surface area contributed by atoms with Crippen molar-refractivity contribution in [2.75, 3.05) is 0 Å². The normalized spacial score (nSPS) is 12.4. The minimum atomic E-state index is -3.84. The SMILES string of the molecule is Cc1cc2ccccn2c1/C(=N\S(=O)(=O)c1ccccc1)c1ccccc1. The molecule has 0 fully saturated rings. The van der Waals surface area contributed by atoms with Crippen LogP contribution in [0.4, 0.5) is 0 Å². The van der Waals surface area contributed by atoms with Gasteiger partial charge in [-0.2, -0.15) is 12.8 Å². The standard InChI is InChI=1S/C22H18N2O2S/c1-17-16-19-12-8-9-15-24(19)22(17)21(18-10-4-2-5-11-18)23-27(25,26)20-13-6-3-7-14-20/h2-16H,1H3/b23-21-. The number of aryl methyl sites for hydroxylation is 1. The first-order valence-corrected chi connectivity index (χ1v) is 10.0. The van der Waals surface area contributed by atoms with Gasteiger partial charge in [0.1, 0.15) is 5.71 Å². The molecule has 134 valence electrons. The van der Waals surface area contributed by atoms with Crippen LogP contribution in [0.5, 0.6) is 0 Å². The number of aromatic nitrogens is 1. The fourth-order valence-corrected chi connectivity index (χ4v) is 4.19. The lowest BCUT2D eigenvalue weighted by Crippen LogP contribution is -2.12. The summed E-state index contributed by atoms with van der Waals surface area (Å²) in [5.74, 6) is 0. The Morgan fingerprint density at radius 1 is 0.852 bits per heavy atom. The molecule has 2 heterocycles. The number of hydrogen-bond acceptors (Lipinski definition) is 2. The van der Waals surface area contributed by atoms with Crippen LogP contribution in [0.25, 0.3) is 5.52 Å². The van der Waals surface area contributed by atoms with Crippen molar-refractivity contribution in [1.82, 2.24) is 4.40 Å². The monoisotopic (exact) mass is 374 g/mol. The number of pyridine rings is 1. The second-order valence-electron chi connectivity index (χ2n) is 6.27. The van der Waals surface area contributed by atoms with Crippen LogP contribution in [0.2, 0.25) is 0 Å². The Morgan fingerprint density at radius 3 is 2.19 bits per heavy atom. The molecule has 0 N–H and O–H groups in total. The van der Waals surface area contributed by atoms with E-state index in [-0.39, 0.29) is 4.90 Å². The van der Waals surface area contributed by atoms with Gasteiger partial charge in [-0.15, -0.1) is 0 Å². The van der Waals surface area contributed by atoms with E-state index in [9.17, 15) is 8.42 Å². The smallest absolute Gasteiger partial charge is 0.282 e. The van der Waals surface area contributed by atoms with E-state index in [2.05, 4.69) is 4.40 Å². The Hall–Kier alpha value is -3.18. The van der Waals surface area contributed by atoms with Crippen LogP contribution in [0, 0.1) is 6.92 Å². The van der Waals surface area contributed by atoms with Crippen LogP contribution >= 0.6 is 0 Å². The molecule has 0 saturated heterocycles. The molecule has 0 amide bonds. The van der Waals surface area contributed by atoms with Crippen LogP contribution in [-0.4, -0.2) is 18.5 Å². The van der Waals surface area contributed by atoms with E-state index in [1.54, 1.807) is 30.3 Å². The highest BCUT2D eigenvalue weighted by molar-refractivity contribution is 7.90. The van der Waals surface area contributed by atoms with Crippen molar-refractivity contribution in [2.45, 2.75) is 11.8 Å². The fourth-order valence-electron chi connectivity index (χ4n) is 3.15. The summed E-state index contributed by atoms with van der Waals surface area (Å²) in [5, 5.41) is 0. The Balaban J connectivity index is 2.00. The van der Waals surface area contributed by atoms with Crippen molar-refractivity contribution < 1.29 is 8.42 Å². The lowest BCUT2D eigenvalue weighted by atomic mass is 10.1. The average molecular weight is 374 g/mol. The lowest BCUT2D eigenvalue weighted by Gasteiger charge is -2.10. The van der Waals surface area contributed by atoms with E-state index in [1.165, 1.54) is 0 Å². The largest absolute Gasteiger partial charge is 0.315 e. The molecule has 4 nitrogen and oxygen atoms in total. The van der Waals surface area contributed by atoms with Crippen LogP contribution < -0.4 is 0 Å². The Kier molecular flexibility index (Phi) is 4.38. The molecule has 0 aliphatic rings. The summed E-state index contributed by atoms with van der Waals surface area (Å²) in [7, 11) is -3.84. The highest BCUT2D eigenvalue weighted by Crippen LogP contribution is 2.23. The lowest BCUT2D eigenvalue weighted by molar-refractivity contribution is 0.598. The number of benzene rings is 2. The van der Waals surface area contributed by atoms with E-state index < -0.39 is 10.0 Å². The van der Waals surface area contributed by atoms with Gasteiger partial charge in [0.25, 0.3) is 10.0 Å². The van der Waals surface area contributed by atoms with E-state index >= 15 is 0 Å². The van der Waals surface area contributed by atoms with Gasteiger partial charge in [-0.1, -0.05) is 54.6 Å². The summed E-state index contributed by atoms with van der Waals surface area (Å²) in [6, 6.07) is 25.6. The van der Waals surface area contributed by atoms with Crippen molar-refractivity contribution in [3.05, 3.63) is 108 Å². The molecule has 0 aliphatic carbocycles. The first-order valence-electron chi connectivity index (χ1n) is 8.59. The van der Waals surface area contributed by atoms with Gasteiger partial charge in [0.2, 0.25) is 0 Å². The minimum absolute atomic E-state index is 0.178. The van der Waals surface area contributed by atoms with E-state index in [0.29, 0.717) is 5.71 Å². The van der Waals surface area contributed by atoms with E-state index in [1.807, 2.05) is 72.1 Å². The second kappa shape index (κ2) is 6.85. The summed E-state index contributed by atoms with van der Waals surface area (Å²) < 4.78 is 32.2. The molecule has 2 aromatic carbocycles. The number of fused-ring (bicyclic) bond motifs is 1. The van der Waals surface area contributed by atoms with Crippen molar-refractivity contribution in [3.8, 4) is 0 Å². The van der Waals surface area contributed by atoms with Crippen LogP contribution in [0.15, 0.2) is 100 Å². The molecule has 0 spiro atoms. The summed E-state index contributed by atoms with van der Waals surface area (Å²) in [5.41, 5.74) is 3.92. The number of rotatable bonds is 4. The quantitative estimate of drug-likeness (QED) is 0.495. The molecule has 0 unspecified atom stereocenters. The molecule has 0 saturated carbocycles. The maximum atomic E-state index is 13.0. The summed E-state index contributed by atoms with van der Waals surface area (Å²) in [6.07, 6.45) is 1.92. The second-order valence-corrected chi connectivity index (χ2v) is 7.87. The van der Waals surface area contributed by atoms with Gasteiger partial charge in [0.05, 0.1) is 10.6 Å². The summed E-state index contributed by atoms with van der Waals surface area (Å²) in [4.78, 5) is 0.178. The van der Waals surface area contributed by atoms with Gasteiger partial charge in [0.15, 0.2) is 0 Å². The van der Waals surface area contributed by atoms with Crippen LogP contribution in [-0.2, 0) is 10.0 Å². The molecule has 0 bridgehead atoms. The number of sulfonamides is 1. The van der Waals surface area contributed by atoms with Gasteiger partial charge >= 0.3 is 0 Å². The highest BCUT2D eigenvalue weighted by atomic mass is 32.2. The highest BCUT2D eigenvalue weighted by Gasteiger charge is 2.20. The van der Waals surface area contributed by atoms with Gasteiger partial charge in [0, 0.05) is 17.3 Å². The number of nitrogens with zero attached hydrogens (tertiary/aromatic N) is 2. The van der Waals surface area contributed by atoms with Crippen molar-refractivity contribution in [2.24, 2.45) is 4.40 Å². The first kappa shape index (κ1) is 17.2. The van der Waals surface area contributed by atoms with Gasteiger partial charge in [-0.3, -0.25) is 0 Å². The number of hydrogen-bond donors (Lipinski definition) is 0. The third-order valence-electron chi connectivity index (χ3n) is 4.39. The maximum Gasteiger partial charge on any atom is 0.282 e. The van der Waals surface area contributed by atoms with Gasteiger partial charge in [-0.25, -0.2) is 0 Å². The third-order valence-corrected chi connectivity index (χ3v) is 5.69.